The molecule has 1 amide bonds. The molecule has 96 valence electrons. The zero-order valence-corrected chi connectivity index (χ0v) is 11.5. The van der Waals surface area contributed by atoms with E-state index in [1.54, 1.807) is 11.8 Å². The van der Waals surface area contributed by atoms with Crippen LogP contribution in [0.3, 0.4) is 0 Å². The first-order valence-corrected chi connectivity index (χ1v) is 6.87. The summed E-state index contributed by atoms with van der Waals surface area (Å²) in [5.41, 5.74) is 0. The number of aliphatic hydroxyl groups excluding tert-OH is 1. The van der Waals surface area contributed by atoms with Crippen LogP contribution in [0.5, 0.6) is 0 Å². The Hall–Kier alpha value is -0.260. The van der Waals surface area contributed by atoms with E-state index in [9.17, 15) is 4.79 Å². The molecule has 0 atom stereocenters. The average Bonchev–Trinajstić information content (AvgIpc) is 2.18. The second kappa shape index (κ2) is 8.84. The molecule has 0 aromatic rings. The van der Waals surface area contributed by atoms with E-state index in [0.717, 1.165) is 35.5 Å². The third kappa shape index (κ3) is 11.8. The van der Waals surface area contributed by atoms with E-state index in [4.69, 9.17) is 5.11 Å². The van der Waals surface area contributed by atoms with Gasteiger partial charge in [0.15, 0.2) is 0 Å². The number of aliphatic hydroxyl groups is 1. The Morgan fingerprint density at radius 3 is 2.56 bits per heavy atom. The number of thioether (sulfide) groups is 1. The van der Waals surface area contributed by atoms with Gasteiger partial charge in [0, 0.05) is 30.9 Å². The quantitative estimate of drug-likeness (QED) is 0.457. The van der Waals surface area contributed by atoms with Crippen LogP contribution in [0.4, 0.5) is 0 Å². The van der Waals surface area contributed by atoms with E-state index in [2.05, 4.69) is 26.5 Å². The van der Waals surface area contributed by atoms with Crippen LogP contribution in [0.25, 0.3) is 0 Å². The first-order chi connectivity index (χ1) is 7.45. The number of hydrogen-bond acceptors (Lipinski definition) is 3. The van der Waals surface area contributed by atoms with E-state index in [0.29, 0.717) is 6.42 Å². The Kier molecular flexibility index (Phi) is 8.70. The highest BCUT2D eigenvalue weighted by Crippen LogP contribution is 2.00. The lowest BCUT2D eigenvalue weighted by molar-refractivity contribution is -0.870. The van der Waals surface area contributed by atoms with Crippen molar-refractivity contribution in [2.45, 2.75) is 12.8 Å². The summed E-state index contributed by atoms with van der Waals surface area (Å²) in [6.07, 6.45) is 1.56. The highest BCUT2D eigenvalue weighted by Gasteiger charge is 2.06. The van der Waals surface area contributed by atoms with Crippen LogP contribution in [-0.4, -0.2) is 67.8 Å². The van der Waals surface area contributed by atoms with Crippen molar-refractivity contribution in [2.24, 2.45) is 0 Å². The molecule has 0 aliphatic heterocycles. The minimum atomic E-state index is 0.117. The molecule has 0 bridgehead atoms. The van der Waals surface area contributed by atoms with Gasteiger partial charge >= 0.3 is 0 Å². The summed E-state index contributed by atoms with van der Waals surface area (Å²) in [6, 6.07) is 0. The van der Waals surface area contributed by atoms with Gasteiger partial charge in [-0.15, -0.1) is 0 Å². The Morgan fingerprint density at radius 1 is 1.31 bits per heavy atom. The Labute approximate surface area is 103 Å². The van der Waals surface area contributed by atoms with Gasteiger partial charge in [-0.3, -0.25) is 4.79 Å². The summed E-state index contributed by atoms with van der Waals surface area (Å²) in [4.78, 5) is 11.3. The van der Waals surface area contributed by atoms with Crippen LogP contribution in [0.2, 0.25) is 0 Å². The Balaban J connectivity index is 3.31. The summed E-state index contributed by atoms with van der Waals surface area (Å²) >= 11 is 1.61. The lowest BCUT2D eigenvalue weighted by atomic mass is 10.3. The van der Waals surface area contributed by atoms with E-state index in [1.807, 2.05) is 0 Å². The number of carbonyl (C=O) groups excluding carboxylic acids is 1. The minimum absolute atomic E-state index is 0.117. The number of quaternary nitrogens is 1. The third-order valence-corrected chi connectivity index (χ3v) is 3.00. The molecule has 0 unspecified atom stereocenters. The van der Waals surface area contributed by atoms with Gasteiger partial charge < -0.3 is 14.9 Å². The predicted molar refractivity (Wildman–Crippen MR) is 69.6 cm³/mol. The van der Waals surface area contributed by atoms with Crippen molar-refractivity contribution in [3.63, 3.8) is 0 Å². The van der Waals surface area contributed by atoms with Gasteiger partial charge in [-0.2, -0.15) is 11.8 Å². The van der Waals surface area contributed by atoms with E-state index >= 15 is 0 Å². The van der Waals surface area contributed by atoms with Crippen molar-refractivity contribution in [1.29, 1.82) is 0 Å². The summed E-state index contributed by atoms with van der Waals surface area (Å²) in [5, 5.41) is 11.5. The highest BCUT2D eigenvalue weighted by atomic mass is 32.2. The molecule has 0 aliphatic rings. The number of nitrogens with one attached hydrogen (secondary N) is 1. The van der Waals surface area contributed by atoms with Crippen molar-refractivity contribution in [1.82, 2.24) is 5.32 Å². The summed E-state index contributed by atoms with van der Waals surface area (Å²) in [5.74, 6) is 1.63. The van der Waals surface area contributed by atoms with Gasteiger partial charge in [-0.25, -0.2) is 0 Å². The lowest BCUT2D eigenvalue weighted by Crippen LogP contribution is -2.37. The topological polar surface area (TPSA) is 49.3 Å². The number of hydrogen-bond donors (Lipinski definition) is 2. The zero-order valence-electron chi connectivity index (χ0n) is 10.7. The lowest BCUT2D eigenvalue weighted by Gasteiger charge is -2.23. The molecule has 0 radical (unpaired) electrons. The van der Waals surface area contributed by atoms with Crippen molar-refractivity contribution in [2.75, 3.05) is 52.3 Å². The van der Waals surface area contributed by atoms with Gasteiger partial charge in [0.1, 0.15) is 0 Å². The molecule has 0 spiro atoms. The normalized spacial score (nSPS) is 11.5. The van der Waals surface area contributed by atoms with Crippen LogP contribution in [-0.2, 0) is 4.79 Å². The standard InChI is InChI=1S/C11H24N2O2S/c1-13(2,3)7-4-6-12-11(15)5-9-16-10-8-14/h14H,4-10H2,1-3H3/p+1. The molecule has 0 aliphatic carbocycles. The molecule has 0 aromatic heterocycles. The second-order valence-electron chi connectivity index (χ2n) is 4.80. The maximum Gasteiger partial charge on any atom is 0.220 e. The molecule has 0 fully saturated rings. The molecule has 16 heavy (non-hydrogen) atoms. The fourth-order valence-corrected chi connectivity index (χ4v) is 1.86. The fraction of sp³-hybridized carbons (Fsp3) is 0.909. The number of amides is 1. The van der Waals surface area contributed by atoms with Crippen LogP contribution >= 0.6 is 11.8 Å². The monoisotopic (exact) mass is 249 g/mol. The molecule has 5 heteroatoms. The molecule has 0 saturated carbocycles. The molecule has 0 rings (SSSR count). The first-order valence-electron chi connectivity index (χ1n) is 5.71. The van der Waals surface area contributed by atoms with Crippen LogP contribution < -0.4 is 5.32 Å². The third-order valence-electron chi connectivity index (χ3n) is 2.04. The predicted octanol–water partition coefficient (Wildman–Crippen LogP) is 0.315. The highest BCUT2D eigenvalue weighted by molar-refractivity contribution is 7.99. The average molecular weight is 249 g/mol. The number of rotatable bonds is 9. The number of nitrogens with zero attached hydrogens (tertiary/aromatic N) is 1. The second-order valence-corrected chi connectivity index (χ2v) is 6.03. The van der Waals surface area contributed by atoms with E-state index < -0.39 is 0 Å². The van der Waals surface area contributed by atoms with Crippen molar-refractivity contribution < 1.29 is 14.4 Å². The Morgan fingerprint density at radius 2 is 2.00 bits per heavy atom. The first kappa shape index (κ1) is 15.7. The van der Waals surface area contributed by atoms with Crippen LogP contribution in [0.1, 0.15) is 12.8 Å². The van der Waals surface area contributed by atoms with Crippen LogP contribution in [0.15, 0.2) is 0 Å². The molecule has 4 nitrogen and oxygen atoms in total. The van der Waals surface area contributed by atoms with Gasteiger partial charge in [-0.05, 0) is 0 Å². The molecule has 0 saturated heterocycles. The molecular formula is C11H25N2O2S+. The van der Waals surface area contributed by atoms with Gasteiger partial charge in [0.05, 0.1) is 34.3 Å². The Bertz CT molecular complexity index is 193. The smallest absolute Gasteiger partial charge is 0.220 e. The van der Waals surface area contributed by atoms with Gasteiger partial charge in [-0.1, -0.05) is 0 Å². The maximum atomic E-state index is 11.3. The van der Waals surface area contributed by atoms with Crippen molar-refractivity contribution in [3.05, 3.63) is 0 Å². The SMILES string of the molecule is C[N+](C)(C)CCCNC(=O)CCSCCO. The molecular weight excluding hydrogens is 224 g/mol. The van der Waals surface area contributed by atoms with E-state index in [-0.39, 0.29) is 12.5 Å². The fourth-order valence-electron chi connectivity index (χ4n) is 1.20. The largest absolute Gasteiger partial charge is 0.396 e. The van der Waals surface area contributed by atoms with E-state index in [1.165, 1.54) is 0 Å². The molecule has 2 N–H and O–H groups in total. The van der Waals surface area contributed by atoms with Crippen molar-refractivity contribution in [3.8, 4) is 0 Å². The zero-order chi connectivity index (χ0) is 12.4. The van der Waals surface area contributed by atoms with Crippen molar-refractivity contribution >= 4 is 17.7 Å². The minimum Gasteiger partial charge on any atom is -0.396 e. The van der Waals surface area contributed by atoms with Gasteiger partial charge in [0.2, 0.25) is 5.91 Å². The number of carbonyl (C=O) groups is 1. The van der Waals surface area contributed by atoms with Crippen LogP contribution in [0, 0.1) is 0 Å². The summed E-state index contributed by atoms with van der Waals surface area (Å²) < 4.78 is 0.933. The summed E-state index contributed by atoms with van der Waals surface area (Å²) in [6.45, 7) is 2.02. The molecule has 0 aromatic carbocycles. The molecule has 0 heterocycles. The van der Waals surface area contributed by atoms with Gasteiger partial charge in [0.25, 0.3) is 0 Å². The maximum absolute atomic E-state index is 11.3. The summed E-state index contributed by atoms with van der Waals surface area (Å²) in [7, 11) is 6.44.